The van der Waals surface area contributed by atoms with Crippen molar-refractivity contribution in [3.05, 3.63) is 35.4 Å². The molecule has 1 fully saturated rings. The number of carbonyl (C=O) groups is 7. The first-order chi connectivity index (χ1) is 22.0. The van der Waals surface area contributed by atoms with Gasteiger partial charge in [-0.2, -0.15) is 0 Å². The fourth-order valence-corrected chi connectivity index (χ4v) is 5.16. The van der Waals surface area contributed by atoms with Gasteiger partial charge in [-0.1, -0.05) is 17.7 Å². The van der Waals surface area contributed by atoms with Crippen molar-refractivity contribution in [2.45, 2.75) is 77.2 Å². The Morgan fingerprint density at radius 1 is 0.739 bits per heavy atom. The summed E-state index contributed by atoms with van der Waals surface area (Å²) in [4.78, 5) is 84.1. The number of amides is 6. The van der Waals surface area contributed by atoms with E-state index in [2.05, 4.69) is 31.9 Å². The van der Waals surface area contributed by atoms with E-state index >= 15 is 0 Å². The maximum absolute atomic E-state index is 12.3. The van der Waals surface area contributed by atoms with Crippen LogP contribution >= 0.6 is 0 Å². The molecule has 0 unspecified atom stereocenters. The highest BCUT2D eigenvalue weighted by molar-refractivity contribution is 5.94. The summed E-state index contributed by atoms with van der Waals surface area (Å²) in [5.41, 5.74) is 1.53. The molecular weight excluding hydrogens is 596 g/mol. The number of hydrogen-bond donors (Lipinski definition) is 7. The molecule has 1 atom stereocenters. The lowest BCUT2D eigenvalue weighted by atomic mass is 9.81. The number of carbonyl (C=O) groups excluding carboxylic acids is 6. The van der Waals surface area contributed by atoms with Crippen molar-refractivity contribution in [2.75, 3.05) is 33.2 Å². The fourth-order valence-electron chi connectivity index (χ4n) is 5.16. The van der Waals surface area contributed by atoms with Crippen LogP contribution in [-0.2, 0) is 28.8 Å². The first-order valence-corrected chi connectivity index (χ1v) is 15.9. The number of rotatable bonds is 19. The Morgan fingerprint density at radius 3 is 1.87 bits per heavy atom. The topological polar surface area (TPSA) is 212 Å². The zero-order valence-electron chi connectivity index (χ0n) is 26.7. The normalized spacial score (nSPS) is 16.3. The highest BCUT2D eigenvalue weighted by Crippen LogP contribution is 2.29. The monoisotopic (exact) mass is 644 g/mol. The SMILES string of the molecule is CNC(=O)C1CCC(C(=O)NCCC(=O)NCCC(=O)NCCC(=O)N[C@H](CCCCNC(=O)c2cccc(C)c2)C(=O)O)CC1. The van der Waals surface area contributed by atoms with Gasteiger partial charge in [0.2, 0.25) is 29.5 Å². The van der Waals surface area contributed by atoms with Crippen LogP contribution in [0.2, 0.25) is 0 Å². The summed E-state index contributed by atoms with van der Waals surface area (Å²) in [7, 11) is 1.60. The molecule has 0 heterocycles. The number of nitrogens with one attached hydrogen (secondary N) is 6. The fraction of sp³-hybridized carbons (Fsp3) is 0.594. The summed E-state index contributed by atoms with van der Waals surface area (Å²) >= 11 is 0. The van der Waals surface area contributed by atoms with Gasteiger partial charge in [-0.15, -0.1) is 0 Å². The molecule has 0 aromatic heterocycles. The highest BCUT2D eigenvalue weighted by Gasteiger charge is 2.29. The zero-order valence-corrected chi connectivity index (χ0v) is 26.7. The summed E-state index contributed by atoms with van der Waals surface area (Å²) < 4.78 is 0. The molecule has 6 amide bonds. The molecule has 254 valence electrons. The van der Waals surface area contributed by atoms with Crippen molar-refractivity contribution in [3.8, 4) is 0 Å². The molecule has 0 saturated heterocycles. The lowest BCUT2D eigenvalue weighted by Crippen LogP contribution is -2.42. The van der Waals surface area contributed by atoms with Crippen LogP contribution in [0.1, 0.15) is 80.1 Å². The minimum atomic E-state index is -1.17. The third kappa shape index (κ3) is 14.5. The lowest BCUT2D eigenvalue weighted by molar-refractivity contribution is -0.142. The molecule has 1 saturated carbocycles. The predicted molar refractivity (Wildman–Crippen MR) is 169 cm³/mol. The van der Waals surface area contributed by atoms with Crippen LogP contribution in [0, 0.1) is 18.8 Å². The van der Waals surface area contributed by atoms with Gasteiger partial charge < -0.3 is 37.0 Å². The van der Waals surface area contributed by atoms with Crippen molar-refractivity contribution in [1.82, 2.24) is 31.9 Å². The Labute approximate surface area is 269 Å². The Kier molecular flexibility index (Phi) is 16.8. The number of aryl methyl sites for hydroxylation is 1. The van der Waals surface area contributed by atoms with Gasteiger partial charge in [-0.05, 0) is 64.0 Å². The Bertz CT molecular complexity index is 1210. The first-order valence-electron chi connectivity index (χ1n) is 15.9. The summed E-state index contributed by atoms with van der Waals surface area (Å²) in [6, 6.07) is 6.11. The molecule has 1 aliphatic rings. The zero-order chi connectivity index (χ0) is 33.9. The van der Waals surface area contributed by atoms with E-state index < -0.39 is 17.9 Å². The Hall–Kier alpha value is -4.49. The largest absolute Gasteiger partial charge is 0.480 e. The predicted octanol–water partition coefficient (Wildman–Crippen LogP) is 0.536. The molecule has 14 nitrogen and oxygen atoms in total. The smallest absolute Gasteiger partial charge is 0.326 e. The molecule has 1 aromatic rings. The molecule has 0 spiro atoms. The summed E-state index contributed by atoms with van der Waals surface area (Å²) in [5.74, 6) is -2.93. The average Bonchev–Trinajstić information content (AvgIpc) is 3.03. The van der Waals surface area contributed by atoms with E-state index in [0.717, 1.165) is 5.56 Å². The van der Waals surface area contributed by atoms with Gasteiger partial charge in [0.1, 0.15) is 6.04 Å². The van der Waals surface area contributed by atoms with Crippen LogP contribution in [0.3, 0.4) is 0 Å². The molecule has 46 heavy (non-hydrogen) atoms. The van der Waals surface area contributed by atoms with E-state index in [9.17, 15) is 38.7 Å². The maximum atomic E-state index is 12.3. The number of carboxylic acid groups (broad SMARTS) is 1. The van der Waals surface area contributed by atoms with Crippen LogP contribution in [0.5, 0.6) is 0 Å². The molecule has 0 aliphatic heterocycles. The Morgan fingerprint density at radius 2 is 1.30 bits per heavy atom. The van der Waals surface area contributed by atoms with Crippen LogP contribution in [0.15, 0.2) is 24.3 Å². The van der Waals surface area contributed by atoms with E-state index in [1.165, 1.54) is 0 Å². The van der Waals surface area contributed by atoms with Gasteiger partial charge in [-0.3, -0.25) is 28.8 Å². The second kappa shape index (κ2) is 20.5. The molecule has 1 aliphatic carbocycles. The molecule has 0 bridgehead atoms. The Balaban J connectivity index is 1.51. The quantitative estimate of drug-likeness (QED) is 0.105. The van der Waals surface area contributed by atoms with E-state index in [1.54, 1.807) is 25.2 Å². The van der Waals surface area contributed by atoms with Crippen LogP contribution in [0.4, 0.5) is 0 Å². The number of unbranched alkanes of at least 4 members (excludes halogenated alkanes) is 1. The van der Waals surface area contributed by atoms with Gasteiger partial charge in [-0.25, -0.2) is 4.79 Å². The standard InChI is InChI=1S/C32H48N6O8/c1-21-6-5-7-24(20-21)31(44)36-16-4-3-8-25(32(45)46)38-28(41)15-18-35-26(39)13-17-34-27(40)14-19-37-30(43)23-11-9-22(10-12-23)29(42)33-2/h5-7,20,22-23,25H,3-4,8-19H2,1-2H3,(H,33,42)(H,34,40)(H,35,39)(H,36,44)(H,37,43)(H,38,41)(H,45,46)/t22?,23?,25-/m1/s1. The molecule has 0 radical (unpaired) electrons. The second-order valence-corrected chi connectivity index (χ2v) is 11.5. The van der Waals surface area contributed by atoms with Gasteiger partial charge in [0.15, 0.2) is 0 Å². The number of carboxylic acids is 1. The van der Waals surface area contributed by atoms with Crippen LogP contribution < -0.4 is 31.9 Å². The van der Waals surface area contributed by atoms with Crippen LogP contribution in [0.25, 0.3) is 0 Å². The van der Waals surface area contributed by atoms with E-state index in [4.69, 9.17) is 0 Å². The van der Waals surface area contributed by atoms with E-state index in [0.29, 0.717) is 50.6 Å². The van der Waals surface area contributed by atoms with Crippen LogP contribution in [-0.4, -0.2) is 85.8 Å². The first kappa shape index (κ1) is 37.7. The number of aliphatic carboxylic acids is 1. The van der Waals surface area contributed by atoms with E-state index in [1.807, 2.05) is 13.0 Å². The average molecular weight is 645 g/mol. The summed E-state index contributed by atoms with van der Waals surface area (Å²) in [6.45, 7) is 2.53. The minimum absolute atomic E-state index is 0.000780. The number of benzene rings is 1. The van der Waals surface area contributed by atoms with Gasteiger partial charge in [0.05, 0.1) is 0 Å². The van der Waals surface area contributed by atoms with E-state index in [-0.39, 0.29) is 86.7 Å². The van der Waals surface area contributed by atoms with Gasteiger partial charge >= 0.3 is 5.97 Å². The van der Waals surface area contributed by atoms with Crippen molar-refractivity contribution >= 4 is 41.4 Å². The van der Waals surface area contributed by atoms with Gasteiger partial charge in [0, 0.05) is 69.9 Å². The maximum Gasteiger partial charge on any atom is 0.326 e. The molecular formula is C32H48N6O8. The van der Waals surface area contributed by atoms with Crippen molar-refractivity contribution in [1.29, 1.82) is 0 Å². The summed E-state index contributed by atoms with van der Waals surface area (Å²) in [5, 5.41) is 25.3. The third-order valence-corrected chi connectivity index (χ3v) is 7.83. The summed E-state index contributed by atoms with van der Waals surface area (Å²) in [6.07, 6.45) is 3.73. The van der Waals surface area contributed by atoms with Gasteiger partial charge in [0.25, 0.3) is 5.91 Å². The molecule has 2 rings (SSSR count). The minimum Gasteiger partial charge on any atom is -0.480 e. The molecule has 1 aromatic carbocycles. The lowest BCUT2D eigenvalue weighted by Gasteiger charge is -2.26. The second-order valence-electron chi connectivity index (χ2n) is 11.5. The number of hydrogen-bond acceptors (Lipinski definition) is 7. The molecule has 7 N–H and O–H groups in total. The van der Waals surface area contributed by atoms with Crippen molar-refractivity contribution in [3.63, 3.8) is 0 Å². The molecule has 14 heteroatoms. The van der Waals surface area contributed by atoms with Crippen molar-refractivity contribution in [2.24, 2.45) is 11.8 Å². The third-order valence-electron chi connectivity index (χ3n) is 7.83. The van der Waals surface area contributed by atoms with Crippen molar-refractivity contribution < 1.29 is 38.7 Å². The highest BCUT2D eigenvalue weighted by atomic mass is 16.4.